The van der Waals surface area contributed by atoms with Gasteiger partial charge in [-0.3, -0.25) is 4.79 Å². The number of carbonyl (C=O) groups is 1. The van der Waals surface area contributed by atoms with Crippen LogP contribution in [0.15, 0.2) is 45.3 Å². The maximum Gasteiger partial charge on any atom is 0.255 e. The zero-order valence-electron chi connectivity index (χ0n) is 10.0. The van der Waals surface area contributed by atoms with E-state index in [4.69, 9.17) is 0 Å². The molecule has 0 radical (unpaired) electrons. The van der Waals surface area contributed by atoms with Crippen molar-refractivity contribution in [1.29, 1.82) is 0 Å². The van der Waals surface area contributed by atoms with E-state index in [0.29, 0.717) is 10.2 Å². The summed E-state index contributed by atoms with van der Waals surface area (Å²) in [6, 6.07) is 9.66. The second-order valence-corrected chi connectivity index (χ2v) is 5.87. The van der Waals surface area contributed by atoms with Crippen LogP contribution >= 0.6 is 31.9 Å². The third-order valence-electron chi connectivity index (χ3n) is 2.50. The minimum Gasteiger partial charge on any atom is -0.321 e. The predicted octanol–water partition coefficient (Wildman–Crippen LogP) is 4.91. The minimum absolute atomic E-state index is 0.263. The first-order valence-electron chi connectivity index (χ1n) is 5.49. The summed E-state index contributed by atoms with van der Waals surface area (Å²) in [5.41, 5.74) is 1.99. The summed E-state index contributed by atoms with van der Waals surface area (Å²) in [5.74, 6) is -0.813. The van der Waals surface area contributed by atoms with Crippen LogP contribution in [0.25, 0.3) is 0 Å². The van der Waals surface area contributed by atoms with E-state index >= 15 is 0 Å². The summed E-state index contributed by atoms with van der Waals surface area (Å²) in [6.07, 6.45) is 0. The summed E-state index contributed by atoms with van der Waals surface area (Å²) in [6.45, 7) is 1.96. The molecule has 2 aromatic carbocycles. The van der Waals surface area contributed by atoms with Gasteiger partial charge in [0.15, 0.2) is 0 Å². The van der Waals surface area contributed by atoms with Crippen LogP contribution in [-0.4, -0.2) is 5.91 Å². The van der Waals surface area contributed by atoms with Crippen molar-refractivity contribution in [2.45, 2.75) is 6.92 Å². The van der Waals surface area contributed by atoms with Crippen LogP contribution in [0.2, 0.25) is 0 Å². The fraction of sp³-hybridized carbons (Fsp3) is 0.0714. The molecule has 0 saturated carbocycles. The van der Waals surface area contributed by atoms with Crippen LogP contribution in [0.4, 0.5) is 10.1 Å². The highest BCUT2D eigenvalue weighted by atomic mass is 79.9. The molecule has 0 aliphatic rings. The molecule has 0 atom stereocenters. The van der Waals surface area contributed by atoms with E-state index in [1.54, 1.807) is 12.1 Å². The van der Waals surface area contributed by atoms with Crippen LogP contribution in [0, 0.1) is 12.7 Å². The van der Waals surface area contributed by atoms with E-state index in [2.05, 4.69) is 37.2 Å². The maximum absolute atomic E-state index is 13.2. The van der Waals surface area contributed by atoms with Gasteiger partial charge in [0.2, 0.25) is 0 Å². The summed E-state index contributed by atoms with van der Waals surface area (Å²) in [4.78, 5) is 12.0. The number of anilines is 1. The Morgan fingerprint density at radius 2 is 1.89 bits per heavy atom. The molecule has 0 bridgehead atoms. The number of amides is 1. The molecule has 5 heteroatoms. The van der Waals surface area contributed by atoms with Gasteiger partial charge in [0.05, 0.1) is 5.69 Å². The van der Waals surface area contributed by atoms with E-state index in [1.165, 1.54) is 12.1 Å². The second-order valence-electron chi connectivity index (χ2n) is 4.10. The molecule has 1 N–H and O–H groups in total. The van der Waals surface area contributed by atoms with Gasteiger partial charge >= 0.3 is 0 Å². The average Bonchev–Trinajstić information content (AvgIpc) is 2.31. The fourth-order valence-electron chi connectivity index (χ4n) is 1.60. The third kappa shape index (κ3) is 3.64. The molecule has 2 aromatic rings. The summed E-state index contributed by atoms with van der Waals surface area (Å²) in [5, 5.41) is 2.73. The lowest BCUT2D eigenvalue weighted by molar-refractivity contribution is 0.102. The monoisotopic (exact) mass is 385 g/mol. The highest BCUT2D eigenvalue weighted by Gasteiger charge is 2.10. The lowest BCUT2D eigenvalue weighted by Crippen LogP contribution is -2.12. The van der Waals surface area contributed by atoms with Gasteiger partial charge in [-0.05, 0) is 58.7 Å². The molecule has 0 fully saturated rings. The topological polar surface area (TPSA) is 29.1 Å². The van der Waals surface area contributed by atoms with Crippen molar-refractivity contribution in [3.05, 3.63) is 62.3 Å². The first-order chi connectivity index (χ1) is 8.95. The molecular formula is C14H10Br2FNO. The highest BCUT2D eigenvalue weighted by molar-refractivity contribution is 9.10. The molecule has 0 aliphatic heterocycles. The number of halogens is 3. The van der Waals surface area contributed by atoms with Crippen molar-refractivity contribution < 1.29 is 9.18 Å². The smallest absolute Gasteiger partial charge is 0.255 e. The zero-order chi connectivity index (χ0) is 14.0. The Balaban J connectivity index is 2.25. The van der Waals surface area contributed by atoms with E-state index < -0.39 is 5.82 Å². The third-order valence-corrected chi connectivity index (χ3v) is 3.61. The molecule has 2 nitrogen and oxygen atoms in total. The maximum atomic E-state index is 13.2. The van der Waals surface area contributed by atoms with Gasteiger partial charge in [-0.1, -0.05) is 22.0 Å². The number of hydrogen-bond donors (Lipinski definition) is 1. The van der Waals surface area contributed by atoms with E-state index in [-0.39, 0.29) is 11.5 Å². The van der Waals surface area contributed by atoms with Gasteiger partial charge in [-0.15, -0.1) is 0 Å². The Bertz CT molecular complexity index is 623. The lowest BCUT2D eigenvalue weighted by Gasteiger charge is -2.08. The molecule has 0 aliphatic carbocycles. The number of benzene rings is 2. The van der Waals surface area contributed by atoms with Crippen molar-refractivity contribution >= 4 is 43.5 Å². The molecular weight excluding hydrogens is 377 g/mol. The molecule has 0 unspecified atom stereocenters. The van der Waals surface area contributed by atoms with Crippen molar-refractivity contribution in [2.75, 3.05) is 5.32 Å². The van der Waals surface area contributed by atoms with Crippen LogP contribution in [0.3, 0.4) is 0 Å². The quantitative estimate of drug-likeness (QED) is 0.780. The standard InChI is InChI=1S/C14H10Br2FNO/c1-8-2-3-13(12(16)4-8)18-14(19)9-5-10(15)7-11(17)6-9/h2-7H,1H3,(H,18,19). The Hall–Kier alpha value is -1.20. The Morgan fingerprint density at radius 1 is 1.16 bits per heavy atom. The van der Waals surface area contributed by atoms with Gasteiger partial charge in [-0.2, -0.15) is 0 Å². The number of nitrogens with one attached hydrogen (secondary N) is 1. The molecule has 0 aromatic heterocycles. The van der Waals surface area contributed by atoms with Gasteiger partial charge < -0.3 is 5.32 Å². The Morgan fingerprint density at radius 3 is 2.53 bits per heavy atom. The molecule has 0 saturated heterocycles. The first kappa shape index (κ1) is 14.2. The lowest BCUT2D eigenvalue weighted by atomic mass is 10.2. The molecule has 0 heterocycles. The second kappa shape index (κ2) is 5.84. The van der Waals surface area contributed by atoms with Crippen LogP contribution in [-0.2, 0) is 0 Å². The van der Waals surface area contributed by atoms with Crippen LogP contribution in [0.5, 0.6) is 0 Å². The van der Waals surface area contributed by atoms with Crippen molar-refractivity contribution in [2.24, 2.45) is 0 Å². The van der Waals surface area contributed by atoms with Gasteiger partial charge in [0.1, 0.15) is 5.82 Å². The molecule has 1 amide bonds. The minimum atomic E-state index is -0.456. The van der Waals surface area contributed by atoms with E-state index in [1.807, 2.05) is 19.1 Å². The number of aryl methyl sites for hydroxylation is 1. The molecule has 19 heavy (non-hydrogen) atoms. The van der Waals surface area contributed by atoms with Gasteiger partial charge in [-0.25, -0.2) is 4.39 Å². The highest BCUT2D eigenvalue weighted by Crippen LogP contribution is 2.24. The number of carbonyl (C=O) groups excluding carboxylic acids is 1. The molecule has 2 rings (SSSR count). The zero-order valence-corrected chi connectivity index (χ0v) is 13.2. The Kier molecular flexibility index (Phi) is 4.37. The normalized spacial score (nSPS) is 10.3. The fourth-order valence-corrected chi connectivity index (χ4v) is 2.66. The van der Waals surface area contributed by atoms with Crippen molar-refractivity contribution in [3.63, 3.8) is 0 Å². The van der Waals surface area contributed by atoms with E-state index in [9.17, 15) is 9.18 Å². The molecule has 0 spiro atoms. The van der Waals surface area contributed by atoms with Crippen molar-refractivity contribution in [3.8, 4) is 0 Å². The SMILES string of the molecule is Cc1ccc(NC(=O)c2cc(F)cc(Br)c2)c(Br)c1. The van der Waals surface area contributed by atoms with Crippen LogP contribution < -0.4 is 5.32 Å². The van der Waals surface area contributed by atoms with Crippen molar-refractivity contribution in [1.82, 2.24) is 0 Å². The average molecular weight is 387 g/mol. The number of rotatable bonds is 2. The van der Waals surface area contributed by atoms with Crippen LogP contribution in [0.1, 0.15) is 15.9 Å². The summed E-state index contributed by atoms with van der Waals surface area (Å²) in [7, 11) is 0. The van der Waals surface area contributed by atoms with Gasteiger partial charge in [0.25, 0.3) is 5.91 Å². The summed E-state index contributed by atoms with van der Waals surface area (Å²) < 4.78 is 14.6. The van der Waals surface area contributed by atoms with Gasteiger partial charge in [0, 0.05) is 14.5 Å². The summed E-state index contributed by atoms with van der Waals surface area (Å²) >= 11 is 6.54. The Labute approximate surface area is 127 Å². The largest absolute Gasteiger partial charge is 0.321 e. The number of hydrogen-bond acceptors (Lipinski definition) is 1. The molecule has 98 valence electrons. The van der Waals surface area contributed by atoms with E-state index in [0.717, 1.165) is 10.0 Å². The predicted molar refractivity (Wildman–Crippen MR) is 80.9 cm³/mol. The first-order valence-corrected chi connectivity index (χ1v) is 7.08.